The minimum absolute atomic E-state index is 0.238. The lowest BCUT2D eigenvalue weighted by molar-refractivity contribution is -0.153. The molecule has 2 aromatic carbocycles. The number of fused-ring (bicyclic) bond motifs is 2. The molecule has 2 aliphatic heterocycles. The van der Waals surface area contributed by atoms with Crippen molar-refractivity contribution in [2.24, 2.45) is 5.73 Å². The first-order valence-corrected chi connectivity index (χ1v) is 15.0. The van der Waals surface area contributed by atoms with E-state index in [-0.39, 0.29) is 22.5 Å². The Bertz CT molecular complexity index is 1610. The predicted octanol–water partition coefficient (Wildman–Crippen LogP) is 3.38. The number of benzene rings is 2. The van der Waals surface area contributed by atoms with Crippen molar-refractivity contribution >= 4 is 51.7 Å². The summed E-state index contributed by atoms with van der Waals surface area (Å²) < 4.78 is 8.05. The van der Waals surface area contributed by atoms with Crippen molar-refractivity contribution in [2.75, 3.05) is 11.5 Å². The first kappa shape index (κ1) is 25.8. The van der Waals surface area contributed by atoms with Crippen molar-refractivity contribution in [3.8, 4) is 0 Å². The highest BCUT2D eigenvalue weighted by Gasteiger charge is 2.52. The fourth-order valence-electron chi connectivity index (χ4n) is 4.54. The van der Waals surface area contributed by atoms with Gasteiger partial charge in [0, 0.05) is 23.3 Å². The molecule has 0 saturated carbocycles. The number of carbonyl (C=O) groups is 2. The third kappa shape index (κ3) is 4.89. The van der Waals surface area contributed by atoms with Crippen molar-refractivity contribution in [1.82, 2.24) is 19.5 Å². The standard InChI is InChI=1S/C27H23N5O4S3/c1-15-12-19(33)32-26(29-15)39-27(30-32)38-14-18-13-37-24-20(28)23(34)31(24)21(18)25(35)36-22(16-8-4-2-5-9-16)17-10-6-3-7-11-17/h2-12,20,22,24H,13-14,28H2,1H3/t20-,24-/m1/s1. The Morgan fingerprint density at radius 1 is 1.13 bits per heavy atom. The van der Waals surface area contributed by atoms with E-state index in [0.29, 0.717) is 26.5 Å². The second-order valence-electron chi connectivity index (χ2n) is 9.08. The van der Waals surface area contributed by atoms with Crippen LogP contribution in [0, 0.1) is 6.92 Å². The van der Waals surface area contributed by atoms with E-state index in [1.807, 2.05) is 60.7 Å². The van der Waals surface area contributed by atoms with Crippen LogP contribution in [0.4, 0.5) is 0 Å². The van der Waals surface area contributed by atoms with Crippen molar-refractivity contribution < 1.29 is 14.3 Å². The Kier molecular flexibility index (Phi) is 7.02. The fourth-order valence-corrected chi connectivity index (χ4v) is 7.96. The molecule has 0 unspecified atom stereocenters. The van der Waals surface area contributed by atoms with Gasteiger partial charge in [-0.15, -0.1) is 16.9 Å². The molecule has 1 fully saturated rings. The van der Waals surface area contributed by atoms with Crippen molar-refractivity contribution in [3.63, 3.8) is 0 Å². The van der Waals surface area contributed by atoms with E-state index in [9.17, 15) is 14.4 Å². The maximum atomic E-state index is 13.8. The molecule has 12 heteroatoms. The first-order chi connectivity index (χ1) is 18.9. The monoisotopic (exact) mass is 577 g/mol. The minimum Gasteiger partial charge on any atom is -0.448 e. The second-order valence-corrected chi connectivity index (χ2v) is 12.4. The summed E-state index contributed by atoms with van der Waals surface area (Å²) in [5.74, 6) is 0.0248. The van der Waals surface area contributed by atoms with E-state index in [0.717, 1.165) is 16.7 Å². The fraction of sp³-hybridized carbons (Fsp3) is 0.222. The molecule has 0 radical (unpaired) electrons. The molecular formula is C27H23N5O4S3. The van der Waals surface area contributed by atoms with Crippen LogP contribution in [0.2, 0.25) is 0 Å². The van der Waals surface area contributed by atoms with Gasteiger partial charge in [0.05, 0.1) is 0 Å². The van der Waals surface area contributed by atoms with E-state index < -0.39 is 18.1 Å². The van der Waals surface area contributed by atoms with Gasteiger partial charge in [-0.2, -0.15) is 4.52 Å². The molecule has 0 spiro atoms. The van der Waals surface area contributed by atoms with Gasteiger partial charge >= 0.3 is 5.97 Å². The molecular weight excluding hydrogens is 555 g/mol. The number of rotatable bonds is 7. The van der Waals surface area contributed by atoms with Crippen LogP contribution in [0.1, 0.15) is 22.9 Å². The van der Waals surface area contributed by atoms with E-state index in [1.165, 1.54) is 50.3 Å². The molecule has 2 atom stereocenters. The molecule has 2 aromatic heterocycles. The molecule has 0 aliphatic carbocycles. The molecule has 1 saturated heterocycles. The van der Waals surface area contributed by atoms with Crippen LogP contribution in [0.3, 0.4) is 0 Å². The van der Waals surface area contributed by atoms with Crippen molar-refractivity contribution in [3.05, 3.63) is 105 Å². The van der Waals surface area contributed by atoms with Crippen molar-refractivity contribution in [1.29, 1.82) is 0 Å². The molecule has 4 aromatic rings. The van der Waals surface area contributed by atoms with E-state index in [4.69, 9.17) is 10.5 Å². The lowest BCUT2D eigenvalue weighted by atomic mass is 10.0. The van der Waals surface area contributed by atoms with Gasteiger partial charge in [0.2, 0.25) is 10.9 Å². The van der Waals surface area contributed by atoms with Gasteiger partial charge in [0.15, 0.2) is 10.4 Å². The van der Waals surface area contributed by atoms with Gasteiger partial charge in [-0.1, -0.05) is 83.8 Å². The number of aryl methyl sites for hydroxylation is 1. The summed E-state index contributed by atoms with van der Waals surface area (Å²) in [6.07, 6.45) is -0.648. The molecule has 4 heterocycles. The Morgan fingerprint density at radius 2 is 1.79 bits per heavy atom. The maximum Gasteiger partial charge on any atom is 0.356 e. The first-order valence-electron chi connectivity index (χ1n) is 12.1. The Balaban J connectivity index is 1.32. The number of ether oxygens (including phenoxy) is 1. The number of aromatic nitrogens is 3. The van der Waals surface area contributed by atoms with Gasteiger partial charge in [0.25, 0.3) is 5.56 Å². The largest absolute Gasteiger partial charge is 0.448 e. The average molecular weight is 578 g/mol. The molecule has 1 amide bonds. The molecule has 9 nitrogen and oxygen atoms in total. The van der Waals surface area contributed by atoms with E-state index in [2.05, 4.69) is 10.1 Å². The summed E-state index contributed by atoms with van der Waals surface area (Å²) in [7, 11) is 0. The summed E-state index contributed by atoms with van der Waals surface area (Å²) in [4.78, 5) is 45.3. The molecule has 0 bridgehead atoms. The van der Waals surface area contributed by atoms with Crippen LogP contribution in [0.15, 0.2) is 87.1 Å². The van der Waals surface area contributed by atoms with Crippen LogP contribution in [-0.2, 0) is 14.3 Å². The maximum absolute atomic E-state index is 13.8. The van der Waals surface area contributed by atoms with Gasteiger partial charge in [-0.25, -0.2) is 9.78 Å². The summed E-state index contributed by atoms with van der Waals surface area (Å²) in [6.45, 7) is 1.76. The normalized spacial score (nSPS) is 18.8. The lowest BCUT2D eigenvalue weighted by Crippen LogP contribution is -2.68. The summed E-state index contributed by atoms with van der Waals surface area (Å²) >= 11 is 4.22. The number of hydrogen-bond acceptors (Lipinski definition) is 10. The van der Waals surface area contributed by atoms with Crippen LogP contribution < -0.4 is 11.3 Å². The number of nitrogens with two attached hydrogens (primary N) is 1. The molecule has 2 N–H and O–H groups in total. The number of esters is 1. The van der Waals surface area contributed by atoms with Gasteiger partial charge < -0.3 is 10.5 Å². The number of amides is 1. The third-order valence-corrected chi connectivity index (χ3v) is 9.92. The second kappa shape index (κ2) is 10.6. The summed E-state index contributed by atoms with van der Waals surface area (Å²) in [5.41, 5.74) is 9.08. The number of nitrogens with zero attached hydrogens (tertiary/aromatic N) is 4. The highest BCUT2D eigenvalue weighted by molar-refractivity contribution is 8.02. The van der Waals surface area contributed by atoms with Crippen LogP contribution in [0.25, 0.3) is 4.96 Å². The molecule has 2 aliphatic rings. The zero-order chi connectivity index (χ0) is 27.1. The van der Waals surface area contributed by atoms with Gasteiger partial charge in [-0.3, -0.25) is 14.5 Å². The SMILES string of the molecule is Cc1cc(=O)n2nc(SCC3=C(C(=O)OC(c4ccccc4)c4ccccc4)N4C(=O)[C@@H](N)[C@H]4SC3)sc2n1. The number of β-lactam (4-membered cyclic amide) rings is 1. The average Bonchev–Trinajstić information content (AvgIpc) is 3.38. The highest BCUT2D eigenvalue weighted by atomic mass is 32.2. The van der Waals surface area contributed by atoms with E-state index >= 15 is 0 Å². The molecule has 39 heavy (non-hydrogen) atoms. The topological polar surface area (TPSA) is 120 Å². The third-order valence-electron chi connectivity index (χ3n) is 6.44. The van der Waals surface area contributed by atoms with Crippen molar-refractivity contribution in [2.45, 2.75) is 28.8 Å². The summed E-state index contributed by atoms with van der Waals surface area (Å²) in [5, 5.41) is 4.08. The minimum atomic E-state index is -0.656. The molecule has 6 rings (SSSR count). The highest BCUT2D eigenvalue weighted by Crippen LogP contribution is 2.42. The van der Waals surface area contributed by atoms with Crippen LogP contribution in [0.5, 0.6) is 0 Å². The molecule has 198 valence electrons. The quantitative estimate of drug-likeness (QED) is 0.200. The summed E-state index contributed by atoms with van der Waals surface area (Å²) in [6, 6.07) is 19.8. The Morgan fingerprint density at radius 3 is 2.46 bits per heavy atom. The zero-order valence-electron chi connectivity index (χ0n) is 20.7. The Labute approximate surface area is 236 Å². The predicted molar refractivity (Wildman–Crippen MR) is 152 cm³/mol. The van der Waals surface area contributed by atoms with Crippen LogP contribution >= 0.6 is 34.9 Å². The zero-order valence-corrected chi connectivity index (χ0v) is 23.2. The number of thioether (sulfide) groups is 2. The smallest absolute Gasteiger partial charge is 0.356 e. The Hall–Kier alpha value is -3.45. The number of hydrogen-bond donors (Lipinski definition) is 1. The lowest BCUT2D eigenvalue weighted by Gasteiger charge is -2.48. The van der Waals surface area contributed by atoms with Gasteiger partial charge in [-0.05, 0) is 23.6 Å². The number of carbonyl (C=O) groups excluding carboxylic acids is 2. The van der Waals surface area contributed by atoms with Crippen LogP contribution in [-0.4, -0.2) is 54.3 Å². The van der Waals surface area contributed by atoms with E-state index in [1.54, 1.807) is 6.92 Å². The van der Waals surface area contributed by atoms with Gasteiger partial charge in [0.1, 0.15) is 17.1 Å².